The summed E-state index contributed by atoms with van der Waals surface area (Å²) in [4.78, 5) is 24.6. The molecule has 0 radical (unpaired) electrons. The quantitative estimate of drug-likeness (QED) is 0.581. The molecule has 3 N–H and O–H groups in total. The second kappa shape index (κ2) is 9.12. The molecule has 0 aliphatic heterocycles. The number of amides is 2. The van der Waals surface area contributed by atoms with Gasteiger partial charge in [0.2, 0.25) is 11.8 Å². The van der Waals surface area contributed by atoms with Crippen molar-refractivity contribution in [2.24, 2.45) is 0 Å². The molecule has 0 saturated heterocycles. The predicted molar refractivity (Wildman–Crippen MR) is 110 cm³/mol. The van der Waals surface area contributed by atoms with Crippen LogP contribution in [0.25, 0.3) is 0 Å². The molecule has 6 heteroatoms. The van der Waals surface area contributed by atoms with Gasteiger partial charge in [0, 0.05) is 23.2 Å². The summed E-state index contributed by atoms with van der Waals surface area (Å²) in [6.45, 7) is 1.64. The molecule has 0 aliphatic carbocycles. The van der Waals surface area contributed by atoms with E-state index in [0.29, 0.717) is 11.4 Å². The molecule has 2 amide bonds. The topological polar surface area (TPSA) is 70.2 Å². The summed E-state index contributed by atoms with van der Waals surface area (Å²) in [7, 11) is 0. The fourth-order valence-corrected chi connectivity index (χ4v) is 3.55. The van der Waals surface area contributed by atoms with Gasteiger partial charge in [-0.05, 0) is 41.3 Å². The second-order valence-corrected chi connectivity index (χ2v) is 7.03. The lowest BCUT2D eigenvalue weighted by Crippen LogP contribution is -2.31. The van der Waals surface area contributed by atoms with Crippen LogP contribution in [0.15, 0.2) is 72.1 Å². The summed E-state index contributed by atoms with van der Waals surface area (Å²) >= 11 is 1.66. The molecule has 0 saturated carbocycles. The van der Waals surface area contributed by atoms with Crippen LogP contribution in [0.4, 0.5) is 11.4 Å². The maximum atomic E-state index is 12.3. The minimum Gasteiger partial charge on any atom is -0.326 e. The van der Waals surface area contributed by atoms with E-state index in [1.54, 1.807) is 35.6 Å². The van der Waals surface area contributed by atoms with E-state index < -0.39 is 0 Å². The molecule has 0 bridgehead atoms. The van der Waals surface area contributed by atoms with Gasteiger partial charge in [-0.1, -0.05) is 36.4 Å². The van der Waals surface area contributed by atoms with Crippen molar-refractivity contribution in [1.82, 2.24) is 5.32 Å². The molecular weight excluding hydrogens is 358 g/mol. The van der Waals surface area contributed by atoms with Crippen molar-refractivity contribution in [3.05, 3.63) is 82.6 Å². The Bertz CT molecular complexity index is 878. The third kappa shape index (κ3) is 5.51. The third-order valence-electron chi connectivity index (χ3n) is 3.92. The lowest BCUT2D eigenvalue weighted by molar-refractivity contribution is -0.115. The van der Waals surface area contributed by atoms with Gasteiger partial charge in [0.05, 0.1) is 12.6 Å². The summed E-state index contributed by atoms with van der Waals surface area (Å²) < 4.78 is 0. The highest BCUT2D eigenvalue weighted by Gasteiger charge is 2.15. The first-order chi connectivity index (χ1) is 13.1. The van der Waals surface area contributed by atoms with Crippen LogP contribution in [0.5, 0.6) is 0 Å². The van der Waals surface area contributed by atoms with Crippen molar-refractivity contribution >= 4 is 34.5 Å². The number of hydrogen-bond donors (Lipinski definition) is 3. The molecule has 138 valence electrons. The third-order valence-corrected chi connectivity index (χ3v) is 4.85. The van der Waals surface area contributed by atoms with Crippen LogP contribution in [0.2, 0.25) is 0 Å². The smallest absolute Gasteiger partial charge is 0.238 e. The summed E-state index contributed by atoms with van der Waals surface area (Å²) in [5, 5.41) is 10.9. The number of nitrogens with one attached hydrogen (secondary N) is 3. The van der Waals surface area contributed by atoms with E-state index in [2.05, 4.69) is 34.1 Å². The van der Waals surface area contributed by atoms with E-state index in [1.807, 2.05) is 29.6 Å². The molecule has 2 aromatic carbocycles. The minimum atomic E-state index is -0.128. The van der Waals surface area contributed by atoms with Gasteiger partial charge in [-0.2, -0.15) is 0 Å². The molecule has 0 aliphatic rings. The monoisotopic (exact) mass is 379 g/mol. The van der Waals surface area contributed by atoms with E-state index in [0.717, 1.165) is 10.4 Å². The van der Waals surface area contributed by atoms with Crippen LogP contribution in [-0.4, -0.2) is 18.4 Å². The minimum absolute atomic E-state index is 0.0286. The van der Waals surface area contributed by atoms with Crippen LogP contribution >= 0.6 is 11.3 Å². The molecule has 5 nitrogen and oxygen atoms in total. The van der Waals surface area contributed by atoms with Crippen LogP contribution in [0.1, 0.15) is 23.4 Å². The normalized spacial score (nSPS) is 11.6. The fourth-order valence-electron chi connectivity index (χ4n) is 2.72. The maximum Gasteiger partial charge on any atom is 0.238 e. The predicted octanol–water partition coefficient (Wildman–Crippen LogP) is 4.02. The van der Waals surface area contributed by atoms with Crippen LogP contribution in [-0.2, 0) is 9.59 Å². The van der Waals surface area contributed by atoms with Crippen molar-refractivity contribution in [2.45, 2.75) is 13.0 Å². The van der Waals surface area contributed by atoms with Crippen molar-refractivity contribution in [3.8, 4) is 0 Å². The number of carbonyl (C=O) groups is 2. The number of benzene rings is 2. The number of anilines is 2. The van der Waals surface area contributed by atoms with E-state index >= 15 is 0 Å². The zero-order valence-corrected chi connectivity index (χ0v) is 15.8. The molecule has 0 spiro atoms. The zero-order valence-electron chi connectivity index (χ0n) is 14.9. The summed E-state index contributed by atoms with van der Waals surface area (Å²) in [5.74, 6) is -0.253. The molecule has 27 heavy (non-hydrogen) atoms. The Morgan fingerprint density at radius 2 is 1.56 bits per heavy atom. The first-order valence-corrected chi connectivity index (χ1v) is 9.49. The second-order valence-electron chi connectivity index (χ2n) is 6.05. The highest BCUT2D eigenvalue weighted by atomic mass is 32.1. The average Bonchev–Trinajstić information content (AvgIpc) is 3.18. The first kappa shape index (κ1) is 18.8. The lowest BCUT2D eigenvalue weighted by Gasteiger charge is -2.18. The van der Waals surface area contributed by atoms with Gasteiger partial charge in [-0.3, -0.25) is 14.9 Å². The average molecular weight is 379 g/mol. The molecule has 3 rings (SSSR count). The summed E-state index contributed by atoms with van der Waals surface area (Å²) in [5.41, 5.74) is 2.50. The Morgan fingerprint density at radius 1 is 0.889 bits per heavy atom. The van der Waals surface area contributed by atoms with E-state index in [1.165, 1.54) is 6.92 Å². The summed E-state index contributed by atoms with van der Waals surface area (Å²) in [6.07, 6.45) is 0. The molecule has 0 unspecified atom stereocenters. The van der Waals surface area contributed by atoms with Crippen molar-refractivity contribution in [1.29, 1.82) is 0 Å². The SMILES string of the molecule is CC(=O)Nc1ccc(NC(=O)CN[C@H](c2ccccc2)c2cccs2)cc1. The lowest BCUT2D eigenvalue weighted by atomic mass is 10.1. The first-order valence-electron chi connectivity index (χ1n) is 8.61. The molecule has 1 aromatic heterocycles. The van der Waals surface area contributed by atoms with Crippen LogP contribution in [0, 0.1) is 0 Å². The van der Waals surface area contributed by atoms with Crippen LogP contribution < -0.4 is 16.0 Å². The van der Waals surface area contributed by atoms with Crippen molar-refractivity contribution < 1.29 is 9.59 Å². The van der Waals surface area contributed by atoms with E-state index in [-0.39, 0.29) is 24.4 Å². The maximum absolute atomic E-state index is 12.3. The Labute approximate surface area is 162 Å². The standard InChI is InChI=1S/C21H21N3O2S/c1-15(25)23-17-9-11-18(12-10-17)24-20(26)14-22-21(19-8-5-13-27-19)16-6-3-2-4-7-16/h2-13,21-22H,14H2,1H3,(H,23,25)(H,24,26)/t21-/m1/s1. The van der Waals surface area contributed by atoms with Gasteiger partial charge in [-0.15, -0.1) is 11.3 Å². The number of rotatable bonds is 7. The number of thiophene rings is 1. The summed E-state index contributed by atoms with van der Waals surface area (Å²) in [6, 6.07) is 21.1. The van der Waals surface area contributed by atoms with Gasteiger partial charge < -0.3 is 10.6 Å². The Balaban J connectivity index is 1.60. The molecule has 1 atom stereocenters. The Kier molecular flexibility index (Phi) is 6.35. The number of carbonyl (C=O) groups excluding carboxylic acids is 2. The Morgan fingerprint density at radius 3 is 2.15 bits per heavy atom. The molecule has 3 aromatic rings. The van der Waals surface area contributed by atoms with Crippen molar-refractivity contribution in [2.75, 3.05) is 17.2 Å². The van der Waals surface area contributed by atoms with Gasteiger partial charge in [0.15, 0.2) is 0 Å². The van der Waals surface area contributed by atoms with Gasteiger partial charge in [0.1, 0.15) is 0 Å². The van der Waals surface area contributed by atoms with Crippen LogP contribution in [0.3, 0.4) is 0 Å². The zero-order chi connectivity index (χ0) is 19.1. The molecular formula is C21H21N3O2S. The van der Waals surface area contributed by atoms with E-state index in [9.17, 15) is 9.59 Å². The highest BCUT2D eigenvalue weighted by molar-refractivity contribution is 7.10. The highest BCUT2D eigenvalue weighted by Crippen LogP contribution is 2.25. The molecule has 0 fully saturated rings. The number of hydrogen-bond acceptors (Lipinski definition) is 4. The van der Waals surface area contributed by atoms with Crippen molar-refractivity contribution in [3.63, 3.8) is 0 Å². The Hall–Kier alpha value is -2.96. The molecule has 1 heterocycles. The van der Waals surface area contributed by atoms with Gasteiger partial charge >= 0.3 is 0 Å². The van der Waals surface area contributed by atoms with E-state index in [4.69, 9.17) is 0 Å². The fraction of sp³-hybridized carbons (Fsp3) is 0.143. The largest absolute Gasteiger partial charge is 0.326 e. The van der Waals surface area contributed by atoms with Gasteiger partial charge in [0.25, 0.3) is 0 Å². The van der Waals surface area contributed by atoms with Gasteiger partial charge in [-0.25, -0.2) is 0 Å².